The maximum absolute atomic E-state index is 13.8. The molecule has 2 amide bonds. The van der Waals surface area contributed by atoms with Crippen LogP contribution in [0.4, 0.5) is 0 Å². The zero-order valence-corrected chi connectivity index (χ0v) is 20.6. The van der Waals surface area contributed by atoms with Crippen LogP contribution in [0, 0.1) is 17.2 Å². The average Bonchev–Trinajstić information content (AvgIpc) is 3.61. The number of hydrogen-bond acceptors (Lipinski definition) is 7. The van der Waals surface area contributed by atoms with Crippen molar-refractivity contribution < 1.29 is 19.1 Å². The SMILES string of the molecule is N#Cc1cncc(-c2ccc(C(=O)NC(C(=O)N3C[C@H](Cl)[C@H]4OCC(=O)[C@H]43)C3CCCCC3)s2)c1. The zero-order valence-electron chi connectivity index (χ0n) is 19.0. The van der Waals surface area contributed by atoms with Gasteiger partial charge >= 0.3 is 0 Å². The summed E-state index contributed by atoms with van der Waals surface area (Å²) in [7, 11) is 0. The Morgan fingerprint density at radius 3 is 2.83 bits per heavy atom. The van der Waals surface area contributed by atoms with Gasteiger partial charge in [0.2, 0.25) is 5.91 Å². The summed E-state index contributed by atoms with van der Waals surface area (Å²) in [5.41, 5.74) is 1.20. The molecule has 0 bridgehead atoms. The van der Waals surface area contributed by atoms with E-state index in [1.165, 1.54) is 22.4 Å². The smallest absolute Gasteiger partial charge is 0.262 e. The molecule has 2 saturated heterocycles. The molecule has 5 rings (SSSR count). The monoisotopic (exact) mass is 512 g/mol. The molecular formula is C25H25ClN4O4S. The van der Waals surface area contributed by atoms with Crippen LogP contribution >= 0.6 is 22.9 Å². The van der Waals surface area contributed by atoms with E-state index in [2.05, 4.69) is 16.4 Å². The number of halogens is 1. The van der Waals surface area contributed by atoms with Gasteiger partial charge in [0.05, 0.1) is 15.8 Å². The van der Waals surface area contributed by atoms with Crippen LogP contribution in [0.1, 0.15) is 47.3 Å². The largest absolute Gasteiger partial charge is 0.366 e. The highest BCUT2D eigenvalue weighted by Crippen LogP contribution is 2.34. The normalized spacial score (nSPS) is 25.2. The van der Waals surface area contributed by atoms with Crippen LogP contribution in [0.25, 0.3) is 10.4 Å². The molecule has 0 aromatic carbocycles. The van der Waals surface area contributed by atoms with Gasteiger partial charge in [-0.15, -0.1) is 22.9 Å². The van der Waals surface area contributed by atoms with Gasteiger partial charge in [0, 0.05) is 29.4 Å². The van der Waals surface area contributed by atoms with Gasteiger partial charge in [-0.1, -0.05) is 19.3 Å². The number of pyridine rings is 1. The Hall–Kier alpha value is -2.80. The fourth-order valence-corrected chi connectivity index (χ4v) is 6.56. The second-order valence-corrected chi connectivity index (χ2v) is 10.9. The van der Waals surface area contributed by atoms with Crippen LogP contribution in [-0.4, -0.2) is 64.2 Å². The van der Waals surface area contributed by atoms with Gasteiger partial charge < -0.3 is 15.0 Å². The second-order valence-electron chi connectivity index (χ2n) is 9.28. The summed E-state index contributed by atoms with van der Waals surface area (Å²) in [6.07, 6.45) is 7.44. The molecule has 4 heterocycles. The number of carbonyl (C=O) groups is 3. The second kappa shape index (κ2) is 10.1. The molecule has 10 heteroatoms. The van der Waals surface area contributed by atoms with Crippen molar-refractivity contribution in [2.75, 3.05) is 13.2 Å². The number of fused-ring (bicyclic) bond motifs is 1. The van der Waals surface area contributed by atoms with Gasteiger partial charge in [-0.25, -0.2) is 0 Å². The Morgan fingerprint density at radius 1 is 1.26 bits per heavy atom. The number of rotatable bonds is 5. The molecule has 1 N–H and O–H groups in total. The van der Waals surface area contributed by atoms with E-state index in [0.717, 1.165) is 42.5 Å². The first-order valence-electron chi connectivity index (χ1n) is 11.8. The van der Waals surface area contributed by atoms with Crippen molar-refractivity contribution in [2.45, 2.75) is 55.7 Å². The lowest BCUT2D eigenvalue weighted by Gasteiger charge is -2.34. The van der Waals surface area contributed by atoms with Crippen molar-refractivity contribution in [3.63, 3.8) is 0 Å². The van der Waals surface area contributed by atoms with Crippen LogP contribution in [-0.2, 0) is 14.3 Å². The predicted octanol–water partition coefficient (Wildman–Crippen LogP) is 3.15. The number of thiophene rings is 1. The highest BCUT2D eigenvalue weighted by molar-refractivity contribution is 7.17. The summed E-state index contributed by atoms with van der Waals surface area (Å²) in [5, 5.41) is 11.7. The van der Waals surface area contributed by atoms with Crippen LogP contribution in [0.15, 0.2) is 30.6 Å². The molecule has 1 aliphatic carbocycles. The molecule has 2 aromatic heterocycles. The number of nitriles is 1. The molecule has 35 heavy (non-hydrogen) atoms. The Bertz CT molecular complexity index is 1190. The van der Waals surface area contributed by atoms with E-state index in [9.17, 15) is 14.4 Å². The fraction of sp³-hybridized carbons (Fsp3) is 0.480. The van der Waals surface area contributed by atoms with Gasteiger partial charge in [0.25, 0.3) is 5.91 Å². The lowest BCUT2D eigenvalue weighted by atomic mass is 9.83. The zero-order chi connectivity index (χ0) is 24.5. The number of Topliss-reactive ketones (excluding diaryl/α,β-unsaturated/α-hetero) is 1. The molecule has 2 aromatic rings. The summed E-state index contributed by atoms with van der Waals surface area (Å²) in [4.78, 5) is 46.4. The van der Waals surface area contributed by atoms with E-state index < -0.39 is 23.6 Å². The van der Waals surface area contributed by atoms with Crippen molar-refractivity contribution >= 4 is 40.5 Å². The molecular weight excluding hydrogens is 488 g/mol. The van der Waals surface area contributed by atoms with Crippen molar-refractivity contribution in [2.24, 2.45) is 5.92 Å². The number of nitrogens with one attached hydrogen (secondary N) is 1. The van der Waals surface area contributed by atoms with E-state index >= 15 is 0 Å². The predicted molar refractivity (Wildman–Crippen MR) is 130 cm³/mol. The first-order chi connectivity index (χ1) is 17.0. The summed E-state index contributed by atoms with van der Waals surface area (Å²) < 4.78 is 5.53. The van der Waals surface area contributed by atoms with Crippen LogP contribution in [0.5, 0.6) is 0 Å². The highest BCUT2D eigenvalue weighted by atomic mass is 35.5. The first-order valence-corrected chi connectivity index (χ1v) is 13.1. The van der Waals surface area contributed by atoms with Gasteiger partial charge in [-0.3, -0.25) is 19.4 Å². The quantitative estimate of drug-likeness (QED) is 0.616. The Balaban J connectivity index is 1.37. The van der Waals surface area contributed by atoms with Crippen molar-refractivity contribution in [1.29, 1.82) is 5.26 Å². The molecule has 182 valence electrons. The summed E-state index contributed by atoms with van der Waals surface area (Å²) in [6, 6.07) is 5.91. The van der Waals surface area contributed by atoms with Crippen molar-refractivity contribution in [3.05, 3.63) is 41.0 Å². The van der Waals surface area contributed by atoms with Crippen LogP contribution < -0.4 is 5.32 Å². The molecule has 3 aliphatic rings. The molecule has 3 fully saturated rings. The number of ether oxygens (including phenoxy) is 1. The molecule has 1 saturated carbocycles. The average molecular weight is 513 g/mol. The van der Waals surface area contributed by atoms with Crippen molar-refractivity contribution in [3.8, 4) is 16.5 Å². The fourth-order valence-electron chi connectivity index (χ4n) is 5.31. The number of hydrogen-bond donors (Lipinski definition) is 1. The number of nitrogens with zero attached hydrogens (tertiary/aromatic N) is 3. The molecule has 4 atom stereocenters. The van der Waals surface area contributed by atoms with Crippen LogP contribution in [0.3, 0.4) is 0 Å². The number of amides is 2. The first kappa shape index (κ1) is 23.9. The van der Waals surface area contributed by atoms with E-state index in [-0.39, 0.29) is 36.7 Å². The number of likely N-dealkylation sites (tertiary alicyclic amines) is 1. The van der Waals surface area contributed by atoms with E-state index in [4.69, 9.17) is 21.6 Å². The third-order valence-electron chi connectivity index (χ3n) is 7.06. The van der Waals surface area contributed by atoms with Crippen molar-refractivity contribution in [1.82, 2.24) is 15.2 Å². The van der Waals surface area contributed by atoms with E-state index in [1.807, 2.05) is 6.07 Å². The third kappa shape index (κ3) is 4.70. The topological polar surface area (TPSA) is 112 Å². The Kier molecular flexibility index (Phi) is 6.87. The standard InChI is InChI=1S/C25H25ClN4O4S/c26-17-12-30(22-18(31)13-34-23(17)22)25(33)21(15-4-2-1-3-5-15)29-24(32)20-7-6-19(35-20)16-8-14(9-27)10-28-11-16/h6-8,10-11,15,17,21-23H,1-5,12-13H2,(H,29,32)/t17-,21?,22+,23+/m0/s1. The number of ketones is 1. The molecule has 0 radical (unpaired) electrons. The van der Waals surface area contributed by atoms with Gasteiger partial charge in [-0.2, -0.15) is 5.26 Å². The highest BCUT2D eigenvalue weighted by Gasteiger charge is 2.53. The molecule has 8 nitrogen and oxygen atoms in total. The molecule has 1 unspecified atom stereocenters. The maximum atomic E-state index is 13.8. The summed E-state index contributed by atoms with van der Waals surface area (Å²) >= 11 is 7.69. The third-order valence-corrected chi connectivity index (χ3v) is 8.58. The molecule has 0 spiro atoms. The van der Waals surface area contributed by atoms with E-state index in [1.54, 1.807) is 18.3 Å². The van der Waals surface area contributed by atoms with Crippen LogP contribution in [0.2, 0.25) is 0 Å². The van der Waals surface area contributed by atoms with Gasteiger partial charge in [-0.05, 0) is 37.0 Å². The maximum Gasteiger partial charge on any atom is 0.262 e. The molecule has 2 aliphatic heterocycles. The van der Waals surface area contributed by atoms with Gasteiger partial charge in [0.15, 0.2) is 5.78 Å². The Labute approximate surface area is 212 Å². The lowest BCUT2D eigenvalue weighted by molar-refractivity contribution is -0.139. The number of aromatic nitrogens is 1. The summed E-state index contributed by atoms with van der Waals surface area (Å²) in [5.74, 6) is -0.732. The Morgan fingerprint density at radius 2 is 2.06 bits per heavy atom. The number of carbonyl (C=O) groups excluding carboxylic acids is 3. The number of alkyl halides is 1. The van der Waals surface area contributed by atoms with Gasteiger partial charge in [0.1, 0.15) is 30.9 Å². The summed E-state index contributed by atoms with van der Waals surface area (Å²) in [6.45, 7) is 0.189. The minimum Gasteiger partial charge on any atom is -0.366 e. The minimum atomic E-state index is -0.729. The lowest BCUT2D eigenvalue weighted by Crippen LogP contribution is -2.55. The minimum absolute atomic E-state index is 0.00129. The van der Waals surface area contributed by atoms with E-state index in [0.29, 0.717) is 10.4 Å².